The lowest BCUT2D eigenvalue weighted by Crippen LogP contribution is -2.24. The number of hydrogen-bond donors (Lipinski definition) is 1. The fourth-order valence-electron chi connectivity index (χ4n) is 1.53. The van der Waals surface area contributed by atoms with Crippen LogP contribution in [-0.2, 0) is 4.79 Å². The molecule has 1 aromatic carbocycles. The van der Waals surface area contributed by atoms with Gasteiger partial charge < -0.3 is 13.9 Å². The smallest absolute Gasteiger partial charge is 0.277 e. The van der Waals surface area contributed by atoms with Crippen molar-refractivity contribution in [1.82, 2.24) is 5.43 Å². The van der Waals surface area contributed by atoms with Gasteiger partial charge in [0.2, 0.25) is 0 Å². The number of carbonyl (C=O) groups is 1. The minimum atomic E-state index is -0.403. The van der Waals surface area contributed by atoms with Crippen LogP contribution in [0, 0.1) is 0 Å². The van der Waals surface area contributed by atoms with Crippen LogP contribution < -0.4 is 14.9 Å². The fraction of sp³-hybridized carbons (Fsp3) is 0.143. The Bertz CT molecular complexity index is 672. The lowest BCUT2D eigenvalue weighted by Gasteiger charge is -2.12. The van der Waals surface area contributed by atoms with E-state index in [0.717, 1.165) is 4.47 Å². The zero-order valence-corrected chi connectivity index (χ0v) is 14.7. The number of nitrogens with one attached hydrogen (secondary N) is 1. The SMILES string of the molecule is COc1cc(Br)cc(Br)c1OCC(=O)N/N=C/c1ccco1. The van der Waals surface area contributed by atoms with Crippen LogP contribution in [-0.4, -0.2) is 25.8 Å². The number of benzene rings is 1. The van der Waals surface area contributed by atoms with E-state index >= 15 is 0 Å². The Morgan fingerprint density at radius 2 is 2.27 bits per heavy atom. The number of amides is 1. The van der Waals surface area contributed by atoms with Crippen LogP contribution in [0.1, 0.15) is 5.76 Å². The molecule has 1 amide bonds. The summed E-state index contributed by atoms with van der Waals surface area (Å²) >= 11 is 6.71. The number of carbonyl (C=O) groups excluding carboxylic acids is 1. The molecule has 0 saturated heterocycles. The molecule has 0 spiro atoms. The molecule has 0 unspecified atom stereocenters. The van der Waals surface area contributed by atoms with Crippen molar-refractivity contribution in [3.05, 3.63) is 45.2 Å². The number of rotatable bonds is 6. The predicted molar refractivity (Wildman–Crippen MR) is 88.3 cm³/mol. The van der Waals surface area contributed by atoms with Crippen LogP contribution in [0.3, 0.4) is 0 Å². The number of furan rings is 1. The molecule has 0 aliphatic carbocycles. The maximum atomic E-state index is 11.7. The van der Waals surface area contributed by atoms with Gasteiger partial charge in [-0.15, -0.1) is 0 Å². The zero-order chi connectivity index (χ0) is 15.9. The van der Waals surface area contributed by atoms with Gasteiger partial charge >= 0.3 is 0 Å². The molecule has 6 nitrogen and oxygen atoms in total. The van der Waals surface area contributed by atoms with Crippen molar-refractivity contribution in [2.45, 2.75) is 0 Å². The van der Waals surface area contributed by atoms with Crippen LogP contribution in [0.2, 0.25) is 0 Å². The Hall–Kier alpha value is -1.80. The second-order valence-corrected chi connectivity index (χ2v) is 5.79. The first-order chi connectivity index (χ1) is 10.6. The van der Waals surface area contributed by atoms with Gasteiger partial charge in [-0.2, -0.15) is 5.10 Å². The Balaban J connectivity index is 1.91. The van der Waals surface area contributed by atoms with Crippen LogP contribution in [0.15, 0.2) is 49.0 Å². The quantitative estimate of drug-likeness (QED) is 0.562. The summed E-state index contributed by atoms with van der Waals surface area (Å²) in [6.45, 7) is -0.202. The van der Waals surface area contributed by atoms with E-state index in [-0.39, 0.29) is 6.61 Å². The monoisotopic (exact) mass is 430 g/mol. The second kappa shape index (κ2) is 8.00. The second-order valence-electron chi connectivity index (χ2n) is 4.02. The van der Waals surface area contributed by atoms with Crippen LogP contribution in [0.5, 0.6) is 11.5 Å². The van der Waals surface area contributed by atoms with Crippen molar-refractivity contribution in [1.29, 1.82) is 0 Å². The van der Waals surface area contributed by atoms with Crippen molar-refractivity contribution in [2.75, 3.05) is 13.7 Å². The number of halogens is 2. The Morgan fingerprint density at radius 1 is 1.45 bits per heavy atom. The van der Waals surface area contributed by atoms with Gasteiger partial charge in [0, 0.05) is 4.47 Å². The summed E-state index contributed by atoms with van der Waals surface area (Å²) in [5.74, 6) is 1.09. The summed E-state index contributed by atoms with van der Waals surface area (Å²) in [4.78, 5) is 11.7. The van der Waals surface area contributed by atoms with E-state index in [0.29, 0.717) is 21.7 Å². The molecule has 1 N–H and O–H groups in total. The Kier molecular flexibility index (Phi) is 6.02. The summed E-state index contributed by atoms with van der Waals surface area (Å²) in [6, 6.07) is 6.98. The van der Waals surface area contributed by atoms with Gasteiger partial charge in [-0.1, -0.05) is 15.9 Å². The highest BCUT2D eigenvalue weighted by Gasteiger charge is 2.12. The predicted octanol–water partition coefficient (Wildman–Crippen LogP) is 3.34. The van der Waals surface area contributed by atoms with Crippen molar-refractivity contribution >= 4 is 44.0 Å². The average molecular weight is 432 g/mol. The highest BCUT2D eigenvalue weighted by Crippen LogP contribution is 2.38. The molecule has 0 fully saturated rings. The molecule has 0 atom stereocenters. The molecule has 0 aliphatic heterocycles. The van der Waals surface area contributed by atoms with Crippen molar-refractivity contribution in [3.8, 4) is 11.5 Å². The third-order valence-electron chi connectivity index (χ3n) is 2.47. The summed E-state index contributed by atoms with van der Waals surface area (Å²) in [5.41, 5.74) is 2.34. The van der Waals surface area contributed by atoms with E-state index in [9.17, 15) is 4.79 Å². The molecule has 22 heavy (non-hydrogen) atoms. The van der Waals surface area contributed by atoms with Crippen molar-refractivity contribution < 1.29 is 18.7 Å². The molecule has 0 aliphatic rings. The zero-order valence-electron chi connectivity index (χ0n) is 11.5. The number of methoxy groups -OCH3 is 1. The molecular weight excluding hydrogens is 420 g/mol. The summed E-state index contributed by atoms with van der Waals surface area (Å²) < 4.78 is 17.2. The summed E-state index contributed by atoms with van der Waals surface area (Å²) in [6.07, 6.45) is 2.91. The third kappa shape index (κ3) is 4.60. The van der Waals surface area contributed by atoms with E-state index in [1.807, 2.05) is 0 Å². The molecule has 116 valence electrons. The van der Waals surface area contributed by atoms with Crippen molar-refractivity contribution in [2.24, 2.45) is 5.10 Å². The number of ether oxygens (including phenoxy) is 2. The number of hydrazone groups is 1. The normalized spacial score (nSPS) is 10.7. The van der Waals surface area contributed by atoms with Crippen LogP contribution in [0.25, 0.3) is 0 Å². The fourth-order valence-corrected chi connectivity index (χ4v) is 2.83. The van der Waals surface area contributed by atoms with Gasteiger partial charge in [-0.3, -0.25) is 4.79 Å². The van der Waals surface area contributed by atoms with Gasteiger partial charge in [-0.05, 0) is 40.2 Å². The van der Waals surface area contributed by atoms with E-state index in [1.54, 1.807) is 24.3 Å². The average Bonchev–Trinajstić information content (AvgIpc) is 2.98. The molecular formula is C14H12Br2N2O4. The highest BCUT2D eigenvalue weighted by molar-refractivity contribution is 9.11. The number of nitrogens with zero attached hydrogens (tertiary/aromatic N) is 1. The van der Waals surface area contributed by atoms with E-state index in [4.69, 9.17) is 13.9 Å². The standard InChI is InChI=1S/C14H12Br2N2O4/c1-20-12-6-9(15)5-11(16)14(12)22-8-13(19)18-17-7-10-3-2-4-21-10/h2-7H,8H2,1H3,(H,18,19)/b17-7+. The molecule has 0 saturated carbocycles. The Morgan fingerprint density at radius 3 is 2.95 bits per heavy atom. The first kappa shape index (κ1) is 16.6. The molecule has 2 rings (SSSR count). The molecule has 8 heteroatoms. The lowest BCUT2D eigenvalue weighted by atomic mass is 10.3. The first-order valence-corrected chi connectivity index (χ1v) is 7.70. The van der Waals surface area contributed by atoms with E-state index < -0.39 is 5.91 Å². The molecule has 2 aromatic rings. The lowest BCUT2D eigenvalue weighted by molar-refractivity contribution is -0.123. The van der Waals surface area contributed by atoms with E-state index in [2.05, 4.69) is 42.4 Å². The minimum Gasteiger partial charge on any atom is -0.493 e. The van der Waals surface area contributed by atoms with E-state index in [1.165, 1.54) is 19.6 Å². The molecule has 0 bridgehead atoms. The topological polar surface area (TPSA) is 73.1 Å². The highest BCUT2D eigenvalue weighted by atomic mass is 79.9. The minimum absolute atomic E-state index is 0.202. The Labute approximate surface area is 143 Å². The van der Waals surface area contributed by atoms with Gasteiger partial charge in [0.25, 0.3) is 5.91 Å². The molecule has 0 radical (unpaired) electrons. The van der Waals surface area contributed by atoms with Crippen LogP contribution in [0.4, 0.5) is 0 Å². The maximum Gasteiger partial charge on any atom is 0.277 e. The van der Waals surface area contributed by atoms with Gasteiger partial charge in [0.05, 0.1) is 24.1 Å². The third-order valence-corrected chi connectivity index (χ3v) is 3.51. The maximum absolute atomic E-state index is 11.7. The molecule has 1 heterocycles. The largest absolute Gasteiger partial charge is 0.493 e. The first-order valence-electron chi connectivity index (χ1n) is 6.11. The van der Waals surface area contributed by atoms with Gasteiger partial charge in [0.1, 0.15) is 5.76 Å². The number of hydrogen-bond acceptors (Lipinski definition) is 5. The van der Waals surface area contributed by atoms with Gasteiger partial charge in [-0.25, -0.2) is 5.43 Å². The summed E-state index contributed by atoms with van der Waals surface area (Å²) in [7, 11) is 1.52. The van der Waals surface area contributed by atoms with Crippen LogP contribution >= 0.6 is 31.9 Å². The van der Waals surface area contributed by atoms with Crippen molar-refractivity contribution in [3.63, 3.8) is 0 Å². The molecule has 1 aromatic heterocycles. The van der Waals surface area contributed by atoms with Gasteiger partial charge in [0.15, 0.2) is 18.1 Å². The summed E-state index contributed by atoms with van der Waals surface area (Å²) in [5, 5.41) is 3.76.